The van der Waals surface area contributed by atoms with Crippen LogP contribution >= 0.6 is 0 Å². The Morgan fingerprint density at radius 3 is 2.31 bits per heavy atom. The van der Waals surface area contributed by atoms with Gasteiger partial charge in [0, 0.05) is 29.0 Å². The molecule has 3 heterocycles. The Morgan fingerprint density at radius 1 is 0.976 bits per heavy atom. The van der Waals surface area contributed by atoms with Crippen molar-refractivity contribution in [2.75, 3.05) is 0 Å². The first-order chi connectivity index (χ1) is 19.7. The van der Waals surface area contributed by atoms with Gasteiger partial charge in [0.2, 0.25) is 11.7 Å². The number of phenolic OH excluding ortho intramolecular Hbond substituents is 3. The third-order valence-electron chi connectivity index (χ3n) is 10.9. The monoisotopic (exact) mass is 579 g/mol. The molecule has 2 aliphatic carbocycles. The summed E-state index contributed by atoms with van der Waals surface area (Å²) in [6.07, 6.45) is 1.67. The van der Waals surface area contributed by atoms with Crippen LogP contribution in [0.3, 0.4) is 0 Å². The predicted octanol–water partition coefficient (Wildman–Crippen LogP) is 4.07. The highest BCUT2D eigenvalue weighted by Crippen LogP contribution is 2.67. The van der Waals surface area contributed by atoms with Gasteiger partial charge in [-0.1, -0.05) is 44.1 Å². The number of Topliss-reactive ketones (excluding diaryl/α,β-unsaturated/α-hetero) is 2. The number of aromatic hydroxyl groups is 3. The van der Waals surface area contributed by atoms with Crippen molar-refractivity contribution in [1.82, 2.24) is 5.32 Å². The molecule has 3 aliphatic heterocycles. The maximum Gasteiger partial charge on any atom is 0.235 e. The van der Waals surface area contributed by atoms with E-state index < -0.39 is 70.3 Å². The second-order valence-electron chi connectivity index (χ2n) is 13.7. The van der Waals surface area contributed by atoms with Gasteiger partial charge in [0.1, 0.15) is 11.5 Å². The van der Waals surface area contributed by atoms with Crippen molar-refractivity contribution < 1.29 is 39.5 Å². The van der Waals surface area contributed by atoms with Crippen LogP contribution in [-0.4, -0.2) is 50.0 Å². The molecule has 2 saturated heterocycles. The third-order valence-corrected chi connectivity index (χ3v) is 10.9. The van der Waals surface area contributed by atoms with Crippen LogP contribution < -0.4 is 5.32 Å². The number of benzene rings is 1. The van der Waals surface area contributed by atoms with Gasteiger partial charge in [0.05, 0.1) is 24.0 Å². The van der Waals surface area contributed by atoms with Gasteiger partial charge in [-0.2, -0.15) is 0 Å². The average Bonchev–Trinajstić information content (AvgIpc) is 3.58. The molecular weight excluding hydrogens is 538 g/mol. The number of carbonyl (C=O) groups is 3. The minimum Gasteiger partial charge on any atom is -0.504 e. The summed E-state index contributed by atoms with van der Waals surface area (Å²) >= 11 is 0. The van der Waals surface area contributed by atoms with Crippen molar-refractivity contribution in [3.8, 4) is 17.2 Å². The van der Waals surface area contributed by atoms with Crippen LogP contribution in [0.2, 0.25) is 0 Å². The molecule has 5 aliphatic rings. The van der Waals surface area contributed by atoms with Gasteiger partial charge in [0.15, 0.2) is 23.1 Å². The lowest BCUT2D eigenvalue weighted by molar-refractivity contribution is -0.152. The number of ether oxygens (including phenoxy) is 1. The molecule has 0 radical (unpaired) electrons. The van der Waals surface area contributed by atoms with Crippen LogP contribution in [0.5, 0.6) is 17.2 Å². The molecule has 0 unspecified atom stereocenters. The van der Waals surface area contributed by atoms with E-state index in [4.69, 9.17) is 4.74 Å². The maximum atomic E-state index is 15.4. The number of aliphatic hydroxyl groups excluding tert-OH is 1. The number of aliphatic hydroxyl groups is 1. The zero-order valence-corrected chi connectivity index (χ0v) is 25.0. The number of hydrogen-bond acceptors (Lipinski definition) is 8. The van der Waals surface area contributed by atoms with E-state index in [1.165, 1.54) is 0 Å². The number of phenols is 3. The number of allylic oxidation sites excluding steroid dienone is 4. The lowest BCUT2D eigenvalue weighted by atomic mass is 9.51. The van der Waals surface area contributed by atoms with Crippen LogP contribution in [0.25, 0.3) is 0 Å². The Balaban J connectivity index is 1.62. The molecule has 1 aromatic carbocycles. The molecule has 1 spiro atoms. The molecule has 2 bridgehead atoms. The number of nitrogens with one attached hydrogen (secondary N) is 1. The van der Waals surface area contributed by atoms with Gasteiger partial charge < -0.3 is 30.5 Å². The van der Waals surface area contributed by atoms with E-state index in [0.717, 1.165) is 11.1 Å². The van der Waals surface area contributed by atoms with Crippen LogP contribution in [-0.2, 0) is 19.1 Å². The Morgan fingerprint density at radius 2 is 1.64 bits per heavy atom. The molecule has 1 amide bonds. The molecule has 9 nitrogen and oxygen atoms in total. The highest BCUT2D eigenvalue weighted by atomic mass is 16.5. The molecule has 5 N–H and O–H groups in total. The highest BCUT2D eigenvalue weighted by Gasteiger charge is 2.71. The van der Waals surface area contributed by atoms with Crippen molar-refractivity contribution in [2.45, 2.75) is 85.2 Å². The summed E-state index contributed by atoms with van der Waals surface area (Å²) in [4.78, 5) is 43.8. The molecule has 9 heteroatoms. The molecule has 0 saturated carbocycles. The first kappa shape index (κ1) is 28.9. The summed E-state index contributed by atoms with van der Waals surface area (Å²) in [7, 11) is 0. The van der Waals surface area contributed by atoms with Crippen molar-refractivity contribution in [3.05, 3.63) is 40.0 Å². The predicted molar refractivity (Wildman–Crippen MR) is 152 cm³/mol. The van der Waals surface area contributed by atoms with E-state index >= 15 is 4.79 Å². The maximum absolute atomic E-state index is 15.4. The van der Waals surface area contributed by atoms with E-state index in [1.54, 1.807) is 6.92 Å². The molecule has 1 aromatic rings. The summed E-state index contributed by atoms with van der Waals surface area (Å²) < 4.78 is 6.30. The summed E-state index contributed by atoms with van der Waals surface area (Å²) in [5.41, 5.74) is 1.21. The minimum absolute atomic E-state index is 0.0926. The number of amides is 1. The largest absolute Gasteiger partial charge is 0.504 e. The summed E-state index contributed by atoms with van der Waals surface area (Å²) in [5.74, 6) is -6.25. The first-order valence-electron chi connectivity index (χ1n) is 15.1. The molecule has 10 atom stereocenters. The minimum atomic E-state index is -1.51. The normalized spacial score (nSPS) is 40.4. The molecule has 226 valence electrons. The second kappa shape index (κ2) is 9.67. The third kappa shape index (κ3) is 3.65. The second-order valence-corrected chi connectivity index (χ2v) is 13.7. The van der Waals surface area contributed by atoms with E-state index in [-0.39, 0.29) is 47.3 Å². The van der Waals surface area contributed by atoms with Crippen LogP contribution in [0.1, 0.15) is 82.8 Å². The zero-order valence-electron chi connectivity index (χ0n) is 25.0. The summed E-state index contributed by atoms with van der Waals surface area (Å²) in [5, 5.41) is 46.2. The van der Waals surface area contributed by atoms with E-state index in [1.807, 2.05) is 26.0 Å². The number of carbonyl (C=O) groups excluding carboxylic acids is 3. The van der Waals surface area contributed by atoms with Crippen molar-refractivity contribution in [2.24, 2.45) is 40.9 Å². The van der Waals surface area contributed by atoms with E-state index in [2.05, 4.69) is 26.1 Å². The Hall–Kier alpha value is -3.17. The number of ketones is 2. The Labute approximate surface area is 245 Å². The molecule has 0 aromatic heterocycles. The standard InChI is InChI=1S/C33H41NO8/c1-12(2)9-18-24-15(5)14(4)11-17-10-13(3)7-8-19(35)26(37)22-23(31(40)33(17,24)32(41)34-18)29-20-16(6)25(36)28(39)27(38)21(20)30(22)42-29/h10-12,15,17-19,22-24,29-30,35-36,38-39H,7-9H2,1-6H3,(H,34,41)/b13-10-/t15-,17+,18+,19-,22-,23+,24+,29-,30+,33+/m1/s1. The average molecular weight is 580 g/mol. The van der Waals surface area contributed by atoms with Gasteiger partial charge in [-0.3, -0.25) is 14.4 Å². The lowest BCUT2D eigenvalue weighted by Crippen LogP contribution is -2.56. The molecule has 42 heavy (non-hydrogen) atoms. The fourth-order valence-corrected chi connectivity index (χ4v) is 8.90. The zero-order chi connectivity index (χ0) is 30.6. The van der Waals surface area contributed by atoms with Gasteiger partial charge in [-0.25, -0.2) is 0 Å². The number of rotatable bonds is 2. The fraction of sp³-hybridized carbons (Fsp3) is 0.606. The Kier molecular flexibility index (Phi) is 6.66. The number of fused-ring (bicyclic) bond motifs is 8. The summed E-state index contributed by atoms with van der Waals surface area (Å²) in [6, 6.07) is -0.250. The SMILES string of the molecule is CC1=C[C@@H]2/C=C(/C)CC[C@@H](O)C(=O)[C@H]3[C@H](C(=O)[C@]24C(=O)N[C@@H](CC(C)C)[C@@H]4[C@@H]1C)[C@@H]1O[C@H]3c2c(O)c(O)c(O)c(C)c21. The highest BCUT2D eigenvalue weighted by molar-refractivity contribution is 6.12. The topological polar surface area (TPSA) is 153 Å². The van der Waals surface area contributed by atoms with Crippen LogP contribution in [0.15, 0.2) is 23.3 Å². The van der Waals surface area contributed by atoms with Gasteiger partial charge in [-0.05, 0) is 57.4 Å². The Bertz CT molecular complexity index is 1460. The van der Waals surface area contributed by atoms with Crippen LogP contribution in [0, 0.1) is 47.8 Å². The molecule has 6 rings (SSSR count). The quantitative estimate of drug-likeness (QED) is 0.200. The lowest BCUT2D eigenvalue weighted by Gasteiger charge is -2.47. The van der Waals surface area contributed by atoms with Gasteiger partial charge >= 0.3 is 0 Å². The smallest absolute Gasteiger partial charge is 0.235 e. The fourth-order valence-electron chi connectivity index (χ4n) is 8.90. The van der Waals surface area contributed by atoms with Crippen molar-refractivity contribution >= 4 is 17.5 Å². The van der Waals surface area contributed by atoms with E-state index in [0.29, 0.717) is 18.4 Å². The van der Waals surface area contributed by atoms with E-state index in [9.17, 15) is 30.0 Å². The first-order valence-corrected chi connectivity index (χ1v) is 15.1. The number of hydrogen-bond donors (Lipinski definition) is 5. The summed E-state index contributed by atoms with van der Waals surface area (Å²) in [6.45, 7) is 11.7. The molecular formula is C33H41NO8. The van der Waals surface area contributed by atoms with Gasteiger partial charge in [-0.15, -0.1) is 0 Å². The van der Waals surface area contributed by atoms with Gasteiger partial charge in [0.25, 0.3) is 0 Å². The van der Waals surface area contributed by atoms with Crippen molar-refractivity contribution in [1.29, 1.82) is 0 Å². The van der Waals surface area contributed by atoms with Crippen molar-refractivity contribution in [3.63, 3.8) is 0 Å². The molecule has 2 fully saturated rings. The van der Waals surface area contributed by atoms with Crippen LogP contribution in [0.4, 0.5) is 0 Å².